The molecule has 0 saturated heterocycles. The van der Waals surface area contributed by atoms with E-state index in [1.54, 1.807) is 6.07 Å². The third-order valence-corrected chi connectivity index (χ3v) is 6.34. The van der Waals surface area contributed by atoms with Crippen LogP contribution in [-0.2, 0) is 12.3 Å². The molecule has 1 aliphatic heterocycles. The fourth-order valence-electron chi connectivity index (χ4n) is 3.43. The standard InChI is InChI=1S/C19H18Cl3N3S/c1-2-26-11-12-4-6-14(21)17-18(12)25-9-3-8-24(19(25)23-17)16-7-5-13(20)10-15(16)22/h4-7,10H,2-3,8-9,11H2,1H3. The van der Waals surface area contributed by atoms with Gasteiger partial charge in [0.2, 0.25) is 5.95 Å². The molecule has 136 valence electrons. The van der Waals surface area contributed by atoms with E-state index in [4.69, 9.17) is 39.8 Å². The molecule has 4 rings (SSSR count). The Balaban J connectivity index is 1.89. The molecule has 2 heterocycles. The minimum Gasteiger partial charge on any atom is -0.310 e. The zero-order valence-electron chi connectivity index (χ0n) is 14.3. The highest BCUT2D eigenvalue weighted by atomic mass is 35.5. The van der Waals surface area contributed by atoms with Gasteiger partial charge in [-0.1, -0.05) is 47.8 Å². The Morgan fingerprint density at radius 2 is 1.92 bits per heavy atom. The van der Waals surface area contributed by atoms with E-state index in [9.17, 15) is 0 Å². The third-order valence-electron chi connectivity index (χ3n) is 4.58. The highest BCUT2D eigenvalue weighted by Crippen LogP contribution is 2.39. The van der Waals surface area contributed by atoms with E-state index in [2.05, 4.69) is 22.5 Å². The largest absolute Gasteiger partial charge is 0.310 e. The second-order valence-corrected chi connectivity index (χ2v) is 8.73. The lowest BCUT2D eigenvalue weighted by atomic mass is 10.2. The van der Waals surface area contributed by atoms with Crippen LogP contribution in [0.3, 0.4) is 0 Å². The normalized spacial score (nSPS) is 14.1. The first-order valence-corrected chi connectivity index (χ1v) is 10.9. The van der Waals surface area contributed by atoms with Crippen LogP contribution in [0.1, 0.15) is 18.9 Å². The smallest absolute Gasteiger partial charge is 0.211 e. The summed E-state index contributed by atoms with van der Waals surface area (Å²) in [6.07, 6.45) is 1.02. The lowest BCUT2D eigenvalue weighted by Gasteiger charge is -2.30. The first kappa shape index (κ1) is 18.3. The molecule has 0 bridgehead atoms. The Morgan fingerprint density at radius 3 is 2.69 bits per heavy atom. The van der Waals surface area contributed by atoms with E-state index in [-0.39, 0.29) is 0 Å². The van der Waals surface area contributed by atoms with Gasteiger partial charge in [-0.3, -0.25) is 0 Å². The van der Waals surface area contributed by atoms with Gasteiger partial charge < -0.3 is 9.47 Å². The number of thioether (sulfide) groups is 1. The summed E-state index contributed by atoms with van der Waals surface area (Å²) in [7, 11) is 0. The summed E-state index contributed by atoms with van der Waals surface area (Å²) >= 11 is 20.9. The summed E-state index contributed by atoms with van der Waals surface area (Å²) in [4.78, 5) is 7.06. The predicted molar refractivity (Wildman–Crippen MR) is 115 cm³/mol. The molecule has 26 heavy (non-hydrogen) atoms. The van der Waals surface area contributed by atoms with E-state index < -0.39 is 0 Å². The fourth-order valence-corrected chi connectivity index (χ4v) is 4.79. The van der Waals surface area contributed by atoms with Crippen LogP contribution in [-0.4, -0.2) is 21.8 Å². The van der Waals surface area contributed by atoms with Gasteiger partial charge in [0.25, 0.3) is 0 Å². The number of aryl methyl sites for hydroxylation is 1. The van der Waals surface area contributed by atoms with Crippen LogP contribution in [0.5, 0.6) is 0 Å². The van der Waals surface area contributed by atoms with Gasteiger partial charge in [-0.25, -0.2) is 4.98 Å². The Kier molecular flexibility index (Phi) is 5.29. The van der Waals surface area contributed by atoms with Crippen molar-refractivity contribution in [3.63, 3.8) is 0 Å². The average Bonchev–Trinajstić information content (AvgIpc) is 3.02. The summed E-state index contributed by atoms with van der Waals surface area (Å²) in [5.74, 6) is 2.93. The van der Waals surface area contributed by atoms with Crippen molar-refractivity contribution in [2.24, 2.45) is 0 Å². The summed E-state index contributed by atoms with van der Waals surface area (Å²) in [5.41, 5.74) is 4.21. The molecule has 0 aliphatic carbocycles. The van der Waals surface area contributed by atoms with Gasteiger partial charge in [0, 0.05) is 23.9 Å². The minimum atomic E-state index is 0.630. The second-order valence-electron chi connectivity index (χ2n) is 6.21. The van der Waals surface area contributed by atoms with Crippen molar-refractivity contribution in [2.75, 3.05) is 17.2 Å². The molecule has 1 aliphatic rings. The quantitative estimate of drug-likeness (QED) is 0.458. The lowest BCUT2D eigenvalue weighted by Crippen LogP contribution is -2.28. The maximum atomic E-state index is 6.48. The van der Waals surface area contributed by atoms with Crippen molar-refractivity contribution >= 4 is 69.2 Å². The summed E-state index contributed by atoms with van der Waals surface area (Å²) in [5, 5.41) is 1.95. The SMILES string of the molecule is CCSCc1ccc(Cl)c2nc3n(c12)CCCN3c1ccc(Cl)cc1Cl. The summed E-state index contributed by atoms with van der Waals surface area (Å²) in [6.45, 7) is 3.97. The van der Waals surface area contributed by atoms with E-state index >= 15 is 0 Å². The number of nitrogens with zero attached hydrogens (tertiary/aromatic N) is 3. The Bertz CT molecular complexity index is 970. The monoisotopic (exact) mass is 425 g/mol. The predicted octanol–water partition coefficient (Wildman–Crippen LogP) is 6.79. The lowest BCUT2D eigenvalue weighted by molar-refractivity contribution is 0.603. The van der Waals surface area contributed by atoms with Gasteiger partial charge >= 0.3 is 0 Å². The Morgan fingerprint density at radius 1 is 1.08 bits per heavy atom. The van der Waals surface area contributed by atoms with Crippen LogP contribution in [0.15, 0.2) is 30.3 Å². The van der Waals surface area contributed by atoms with Gasteiger partial charge in [-0.2, -0.15) is 11.8 Å². The Hall–Kier alpha value is -1.07. The molecule has 0 unspecified atom stereocenters. The van der Waals surface area contributed by atoms with Crippen LogP contribution in [0.4, 0.5) is 11.6 Å². The Labute approximate surface area is 172 Å². The molecule has 1 aromatic heterocycles. The maximum absolute atomic E-state index is 6.48. The van der Waals surface area contributed by atoms with Crippen molar-refractivity contribution in [3.8, 4) is 0 Å². The highest BCUT2D eigenvalue weighted by molar-refractivity contribution is 7.98. The summed E-state index contributed by atoms with van der Waals surface area (Å²) in [6, 6.07) is 9.66. The summed E-state index contributed by atoms with van der Waals surface area (Å²) < 4.78 is 2.28. The molecule has 0 atom stereocenters. The molecule has 0 radical (unpaired) electrons. The van der Waals surface area contributed by atoms with Crippen LogP contribution in [0.2, 0.25) is 15.1 Å². The molecule has 7 heteroatoms. The van der Waals surface area contributed by atoms with Crippen molar-refractivity contribution < 1.29 is 0 Å². The first-order valence-electron chi connectivity index (χ1n) is 8.58. The number of benzene rings is 2. The number of rotatable bonds is 4. The van der Waals surface area contributed by atoms with Crippen molar-refractivity contribution in [1.29, 1.82) is 0 Å². The first-order chi connectivity index (χ1) is 12.6. The van der Waals surface area contributed by atoms with Crippen LogP contribution >= 0.6 is 46.6 Å². The molecule has 0 amide bonds. The van der Waals surface area contributed by atoms with E-state index in [1.807, 2.05) is 30.0 Å². The molecular formula is C19H18Cl3N3S. The number of hydrogen-bond acceptors (Lipinski definition) is 3. The number of aromatic nitrogens is 2. The fraction of sp³-hybridized carbons (Fsp3) is 0.316. The van der Waals surface area contributed by atoms with Gasteiger partial charge in [0.1, 0.15) is 5.52 Å². The van der Waals surface area contributed by atoms with E-state index in [1.165, 1.54) is 5.56 Å². The molecule has 0 fully saturated rings. The number of hydrogen-bond donors (Lipinski definition) is 0. The molecule has 3 nitrogen and oxygen atoms in total. The van der Waals surface area contributed by atoms with E-state index in [0.717, 1.165) is 53.7 Å². The van der Waals surface area contributed by atoms with Gasteiger partial charge in [0.05, 0.1) is 21.2 Å². The number of anilines is 2. The van der Waals surface area contributed by atoms with Crippen molar-refractivity contribution in [3.05, 3.63) is 51.0 Å². The highest BCUT2D eigenvalue weighted by Gasteiger charge is 2.26. The van der Waals surface area contributed by atoms with Gasteiger partial charge in [-0.15, -0.1) is 0 Å². The van der Waals surface area contributed by atoms with E-state index in [0.29, 0.717) is 15.1 Å². The maximum Gasteiger partial charge on any atom is 0.211 e. The van der Waals surface area contributed by atoms with Gasteiger partial charge in [-0.05, 0) is 42.0 Å². The second kappa shape index (κ2) is 7.51. The third kappa shape index (κ3) is 3.18. The number of halogens is 3. The van der Waals surface area contributed by atoms with Crippen LogP contribution in [0.25, 0.3) is 11.0 Å². The zero-order chi connectivity index (χ0) is 18.3. The minimum absolute atomic E-state index is 0.630. The topological polar surface area (TPSA) is 21.1 Å². The number of fused-ring (bicyclic) bond motifs is 3. The molecule has 2 aromatic carbocycles. The van der Waals surface area contributed by atoms with Gasteiger partial charge in [0.15, 0.2) is 0 Å². The van der Waals surface area contributed by atoms with Crippen molar-refractivity contribution in [1.82, 2.24) is 9.55 Å². The molecule has 0 spiro atoms. The molecule has 0 N–H and O–H groups in total. The van der Waals surface area contributed by atoms with Crippen LogP contribution < -0.4 is 4.90 Å². The molecule has 0 saturated carbocycles. The average molecular weight is 427 g/mol. The zero-order valence-corrected chi connectivity index (χ0v) is 17.4. The van der Waals surface area contributed by atoms with Crippen molar-refractivity contribution in [2.45, 2.75) is 25.6 Å². The molecule has 3 aromatic rings. The van der Waals surface area contributed by atoms with Crippen LogP contribution in [0, 0.1) is 0 Å². The molecular weight excluding hydrogens is 409 g/mol. The number of imidazole rings is 1.